The number of rotatable bonds is 8. The van der Waals surface area contributed by atoms with E-state index in [9.17, 15) is 14.0 Å². The van der Waals surface area contributed by atoms with Gasteiger partial charge in [-0.1, -0.05) is 24.3 Å². The Morgan fingerprint density at radius 1 is 1.07 bits per heavy atom. The fraction of sp³-hybridized carbons (Fsp3) is 0.333. The number of halogens is 1. The fourth-order valence-electron chi connectivity index (χ4n) is 2.93. The van der Waals surface area contributed by atoms with Crippen LogP contribution >= 0.6 is 0 Å². The SMILES string of the molecule is CCN(CC)C(=O)c1cccc(NC(=O)C[NH+](C)Cc2ccccc2F)c1. The third-order valence-corrected chi connectivity index (χ3v) is 4.36. The summed E-state index contributed by atoms with van der Waals surface area (Å²) >= 11 is 0. The van der Waals surface area contributed by atoms with Gasteiger partial charge in [-0.25, -0.2) is 4.39 Å². The maximum absolute atomic E-state index is 13.7. The first kappa shape index (κ1) is 20.6. The highest BCUT2D eigenvalue weighted by molar-refractivity contribution is 5.97. The molecule has 0 radical (unpaired) electrons. The van der Waals surface area contributed by atoms with E-state index in [2.05, 4.69) is 5.32 Å². The van der Waals surface area contributed by atoms with Crippen molar-refractivity contribution in [2.75, 3.05) is 32.0 Å². The van der Waals surface area contributed by atoms with Crippen molar-refractivity contribution in [2.24, 2.45) is 0 Å². The summed E-state index contributed by atoms with van der Waals surface area (Å²) in [6.07, 6.45) is 0. The molecule has 2 amide bonds. The van der Waals surface area contributed by atoms with Gasteiger partial charge in [0.1, 0.15) is 12.4 Å². The van der Waals surface area contributed by atoms with Gasteiger partial charge in [0.15, 0.2) is 6.54 Å². The highest BCUT2D eigenvalue weighted by atomic mass is 19.1. The van der Waals surface area contributed by atoms with E-state index >= 15 is 0 Å². The Kier molecular flexibility index (Phi) is 7.49. The van der Waals surface area contributed by atoms with Crippen molar-refractivity contribution in [3.63, 3.8) is 0 Å². The van der Waals surface area contributed by atoms with Gasteiger partial charge in [-0.05, 0) is 38.1 Å². The first-order valence-corrected chi connectivity index (χ1v) is 9.18. The van der Waals surface area contributed by atoms with Gasteiger partial charge in [-0.15, -0.1) is 0 Å². The number of benzene rings is 2. The third kappa shape index (κ3) is 5.89. The molecule has 0 saturated carbocycles. The van der Waals surface area contributed by atoms with Gasteiger partial charge in [0, 0.05) is 29.9 Å². The van der Waals surface area contributed by atoms with Gasteiger partial charge < -0.3 is 15.1 Å². The fourth-order valence-corrected chi connectivity index (χ4v) is 2.93. The second-order valence-electron chi connectivity index (χ2n) is 6.51. The van der Waals surface area contributed by atoms with E-state index in [1.54, 1.807) is 47.4 Å². The summed E-state index contributed by atoms with van der Waals surface area (Å²) in [5, 5.41) is 2.82. The van der Waals surface area contributed by atoms with Crippen LogP contribution in [0.4, 0.5) is 10.1 Å². The van der Waals surface area contributed by atoms with Crippen molar-refractivity contribution in [1.29, 1.82) is 0 Å². The molecule has 0 aliphatic heterocycles. The van der Waals surface area contributed by atoms with Crippen molar-refractivity contribution in [3.8, 4) is 0 Å². The molecule has 144 valence electrons. The van der Waals surface area contributed by atoms with Crippen LogP contribution in [0.15, 0.2) is 48.5 Å². The minimum atomic E-state index is -0.264. The molecule has 0 spiro atoms. The molecule has 5 nitrogen and oxygen atoms in total. The summed E-state index contributed by atoms with van der Waals surface area (Å²) in [6, 6.07) is 13.5. The number of hydrogen-bond acceptors (Lipinski definition) is 2. The Morgan fingerprint density at radius 2 is 1.78 bits per heavy atom. The summed E-state index contributed by atoms with van der Waals surface area (Å²) in [4.78, 5) is 27.3. The molecule has 0 fully saturated rings. The van der Waals surface area contributed by atoms with Crippen LogP contribution in [0.3, 0.4) is 0 Å². The van der Waals surface area contributed by atoms with E-state index in [1.165, 1.54) is 6.07 Å². The number of nitrogens with zero attached hydrogens (tertiary/aromatic N) is 1. The van der Waals surface area contributed by atoms with Gasteiger partial charge in [0.2, 0.25) is 0 Å². The number of anilines is 1. The third-order valence-electron chi connectivity index (χ3n) is 4.36. The van der Waals surface area contributed by atoms with E-state index in [0.29, 0.717) is 36.4 Å². The molecular formula is C21H27FN3O2+. The van der Waals surface area contributed by atoms with Crippen LogP contribution in [0.1, 0.15) is 29.8 Å². The zero-order chi connectivity index (χ0) is 19.8. The predicted molar refractivity (Wildman–Crippen MR) is 104 cm³/mol. The van der Waals surface area contributed by atoms with Crippen LogP contribution in [-0.4, -0.2) is 43.4 Å². The van der Waals surface area contributed by atoms with Crippen molar-refractivity contribution in [1.82, 2.24) is 4.90 Å². The molecule has 0 bridgehead atoms. The zero-order valence-corrected chi connectivity index (χ0v) is 16.1. The minimum Gasteiger partial charge on any atom is -0.339 e. The van der Waals surface area contributed by atoms with Gasteiger partial charge in [-0.2, -0.15) is 0 Å². The summed E-state index contributed by atoms with van der Waals surface area (Å²) in [7, 11) is 1.84. The molecule has 2 N–H and O–H groups in total. The molecule has 6 heteroatoms. The number of nitrogens with one attached hydrogen (secondary N) is 2. The molecule has 27 heavy (non-hydrogen) atoms. The van der Waals surface area contributed by atoms with E-state index in [0.717, 1.165) is 4.90 Å². The lowest BCUT2D eigenvalue weighted by Crippen LogP contribution is -3.08. The molecule has 0 aromatic heterocycles. The topological polar surface area (TPSA) is 53.9 Å². The second kappa shape index (κ2) is 9.83. The van der Waals surface area contributed by atoms with E-state index < -0.39 is 0 Å². The Labute approximate surface area is 159 Å². The van der Waals surface area contributed by atoms with Crippen LogP contribution in [0.25, 0.3) is 0 Å². The average molecular weight is 372 g/mol. The molecule has 1 atom stereocenters. The van der Waals surface area contributed by atoms with Crippen molar-refractivity contribution in [2.45, 2.75) is 20.4 Å². The normalized spacial score (nSPS) is 11.7. The molecule has 2 aromatic carbocycles. The summed E-state index contributed by atoms with van der Waals surface area (Å²) in [6.45, 7) is 5.75. The number of likely N-dealkylation sites (N-methyl/N-ethyl adjacent to an activating group) is 1. The molecule has 2 rings (SSSR count). The lowest BCUT2D eigenvalue weighted by Gasteiger charge is -2.19. The molecule has 2 aromatic rings. The molecule has 0 aliphatic rings. The number of carbonyl (C=O) groups excluding carboxylic acids is 2. The smallest absolute Gasteiger partial charge is 0.279 e. The van der Waals surface area contributed by atoms with Gasteiger partial charge >= 0.3 is 0 Å². The zero-order valence-electron chi connectivity index (χ0n) is 16.1. The summed E-state index contributed by atoms with van der Waals surface area (Å²) < 4.78 is 13.7. The predicted octanol–water partition coefficient (Wildman–Crippen LogP) is 1.96. The Balaban J connectivity index is 1.96. The van der Waals surface area contributed by atoms with Crippen LogP contribution in [-0.2, 0) is 11.3 Å². The van der Waals surface area contributed by atoms with E-state index in [1.807, 2.05) is 20.9 Å². The van der Waals surface area contributed by atoms with Gasteiger partial charge in [0.25, 0.3) is 11.8 Å². The molecule has 0 heterocycles. The summed E-state index contributed by atoms with van der Waals surface area (Å²) in [5.74, 6) is -0.505. The molecule has 0 aliphatic carbocycles. The number of carbonyl (C=O) groups is 2. The largest absolute Gasteiger partial charge is 0.339 e. The monoisotopic (exact) mass is 372 g/mol. The summed E-state index contributed by atoms with van der Waals surface area (Å²) in [5.41, 5.74) is 1.70. The molecular weight excluding hydrogens is 345 g/mol. The van der Waals surface area contributed by atoms with Crippen molar-refractivity contribution < 1.29 is 18.9 Å². The van der Waals surface area contributed by atoms with Crippen LogP contribution in [0.5, 0.6) is 0 Å². The van der Waals surface area contributed by atoms with E-state index in [4.69, 9.17) is 0 Å². The Morgan fingerprint density at radius 3 is 2.44 bits per heavy atom. The van der Waals surface area contributed by atoms with Gasteiger partial charge in [-0.3, -0.25) is 9.59 Å². The number of hydrogen-bond donors (Lipinski definition) is 2. The first-order chi connectivity index (χ1) is 12.9. The first-order valence-electron chi connectivity index (χ1n) is 9.18. The highest BCUT2D eigenvalue weighted by Crippen LogP contribution is 2.13. The minimum absolute atomic E-state index is 0.0570. The number of amides is 2. The van der Waals surface area contributed by atoms with Crippen LogP contribution in [0.2, 0.25) is 0 Å². The van der Waals surface area contributed by atoms with Crippen molar-refractivity contribution in [3.05, 3.63) is 65.5 Å². The molecule has 1 unspecified atom stereocenters. The van der Waals surface area contributed by atoms with Crippen LogP contribution < -0.4 is 10.2 Å². The second-order valence-corrected chi connectivity index (χ2v) is 6.51. The lowest BCUT2D eigenvalue weighted by atomic mass is 10.1. The molecule has 0 saturated heterocycles. The average Bonchev–Trinajstić information content (AvgIpc) is 2.64. The maximum atomic E-state index is 13.7. The highest BCUT2D eigenvalue weighted by Gasteiger charge is 2.15. The lowest BCUT2D eigenvalue weighted by molar-refractivity contribution is -0.885. The number of quaternary nitrogens is 1. The van der Waals surface area contributed by atoms with Crippen LogP contribution in [0, 0.1) is 5.82 Å². The Hall–Kier alpha value is -2.73. The standard InChI is InChI=1S/C21H26FN3O2/c1-4-25(5-2)21(27)16-10-8-11-18(13-16)23-20(26)15-24(3)14-17-9-6-7-12-19(17)22/h6-13H,4-5,14-15H2,1-3H3,(H,23,26)/p+1. The van der Waals surface area contributed by atoms with E-state index in [-0.39, 0.29) is 24.2 Å². The quantitative estimate of drug-likeness (QED) is 0.744. The van der Waals surface area contributed by atoms with Gasteiger partial charge in [0.05, 0.1) is 7.05 Å². The Bertz CT molecular complexity index is 791. The van der Waals surface area contributed by atoms with Crippen molar-refractivity contribution >= 4 is 17.5 Å². The maximum Gasteiger partial charge on any atom is 0.279 e.